The molecule has 0 radical (unpaired) electrons. The zero-order valence-corrected chi connectivity index (χ0v) is 16.5. The second-order valence-corrected chi connectivity index (χ2v) is 7.91. The van der Waals surface area contributed by atoms with Gasteiger partial charge in [0, 0.05) is 47.4 Å². The van der Waals surface area contributed by atoms with Crippen LogP contribution in [-0.4, -0.2) is 18.9 Å². The number of anilines is 1. The fourth-order valence-electron chi connectivity index (χ4n) is 4.51. The van der Waals surface area contributed by atoms with Crippen LogP contribution in [0.15, 0.2) is 51.9 Å². The molecule has 2 aliphatic rings. The van der Waals surface area contributed by atoms with Gasteiger partial charge < -0.3 is 9.32 Å². The summed E-state index contributed by atoms with van der Waals surface area (Å²) in [4.78, 5) is 27.5. The Morgan fingerprint density at radius 1 is 1.14 bits per heavy atom. The first-order chi connectivity index (χ1) is 14.1. The molecule has 0 aliphatic carbocycles. The van der Waals surface area contributed by atoms with Crippen molar-refractivity contribution >= 4 is 28.5 Å². The molecule has 0 unspecified atom stereocenters. The number of aromatic nitrogens is 1. The minimum absolute atomic E-state index is 0.138. The Balaban J connectivity index is 1.55. The van der Waals surface area contributed by atoms with Crippen LogP contribution in [0.1, 0.15) is 39.9 Å². The van der Waals surface area contributed by atoms with E-state index in [9.17, 15) is 9.59 Å². The van der Waals surface area contributed by atoms with Crippen molar-refractivity contribution in [1.82, 2.24) is 0 Å². The molecule has 0 spiro atoms. The van der Waals surface area contributed by atoms with Crippen LogP contribution in [0, 0.1) is 0 Å². The van der Waals surface area contributed by atoms with E-state index in [1.807, 2.05) is 30.1 Å². The fraction of sp³-hybridized carbons (Fsp3) is 0.292. The molecule has 0 atom stereocenters. The van der Waals surface area contributed by atoms with E-state index in [1.54, 1.807) is 18.2 Å². The van der Waals surface area contributed by atoms with Crippen LogP contribution in [0.5, 0.6) is 0 Å². The average molecular weight is 387 g/mol. The lowest BCUT2D eigenvalue weighted by Gasteiger charge is -2.37. The van der Waals surface area contributed by atoms with Gasteiger partial charge in [-0.25, -0.2) is 9.36 Å². The second-order valence-electron chi connectivity index (χ2n) is 7.91. The number of fused-ring (bicyclic) bond motifs is 2. The Bertz CT molecular complexity index is 1200. The zero-order valence-electron chi connectivity index (χ0n) is 16.5. The standard InChI is InChI=1S/C24H23N2O3/c1-25-12-8-16(9-13-25)21(27)7-6-18-15-19-14-17-4-2-10-26-11-3-5-20(22(17)26)23(19)29-24(18)28/h6-9,12-15H,2-5,10-11H2,1H3/q+1/b7-6+. The lowest BCUT2D eigenvalue weighted by atomic mass is 9.90. The zero-order chi connectivity index (χ0) is 20.0. The molecular formula is C24H23N2O3+. The third kappa shape index (κ3) is 3.16. The smallest absolute Gasteiger partial charge is 0.343 e. The number of rotatable bonds is 3. The fourth-order valence-corrected chi connectivity index (χ4v) is 4.51. The Hall–Kier alpha value is -3.21. The normalized spacial score (nSPS) is 15.7. The van der Waals surface area contributed by atoms with Crippen LogP contribution >= 0.6 is 0 Å². The summed E-state index contributed by atoms with van der Waals surface area (Å²) in [5.74, 6) is -0.138. The molecule has 5 nitrogen and oxygen atoms in total. The van der Waals surface area contributed by atoms with Gasteiger partial charge in [0.1, 0.15) is 12.6 Å². The lowest BCUT2D eigenvalue weighted by molar-refractivity contribution is -0.671. The van der Waals surface area contributed by atoms with E-state index in [4.69, 9.17) is 4.42 Å². The van der Waals surface area contributed by atoms with Crippen LogP contribution in [-0.2, 0) is 19.9 Å². The summed E-state index contributed by atoms with van der Waals surface area (Å²) in [7, 11) is 1.90. The Labute approximate surface area is 168 Å². The van der Waals surface area contributed by atoms with Crippen LogP contribution in [0.3, 0.4) is 0 Å². The topological polar surface area (TPSA) is 54.4 Å². The summed E-state index contributed by atoms with van der Waals surface area (Å²) in [6, 6.07) is 7.54. The van der Waals surface area contributed by atoms with Crippen molar-refractivity contribution in [3.63, 3.8) is 0 Å². The summed E-state index contributed by atoms with van der Waals surface area (Å²) in [5.41, 5.74) is 5.10. The summed E-state index contributed by atoms with van der Waals surface area (Å²) < 4.78 is 7.64. The highest BCUT2D eigenvalue weighted by Crippen LogP contribution is 2.39. The van der Waals surface area contributed by atoms with E-state index in [2.05, 4.69) is 11.0 Å². The molecule has 0 amide bonds. The molecule has 29 heavy (non-hydrogen) atoms. The van der Waals surface area contributed by atoms with Gasteiger partial charge in [-0.2, -0.15) is 0 Å². The van der Waals surface area contributed by atoms with E-state index in [0.29, 0.717) is 16.7 Å². The maximum Gasteiger partial charge on any atom is 0.343 e. The van der Waals surface area contributed by atoms with Gasteiger partial charge in [-0.1, -0.05) is 0 Å². The number of hydrogen-bond acceptors (Lipinski definition) is 4. The summed E-state index contributed by atoms with van der Waals surface area (Å²) in [6.07, 6.45) is 10.9. The molecule has 5 heteroatoms. The number of ketones is 1. The maximum absolute atomic E-state index is 12.6. The number of pyridine rings is 1. The maximum atomic E-state index is 12.6. The van der Waals surface area contributed by atoms with Gasteiger partial charge in [0.05, 0.1) is 5.56 Å². The van der Waals surface area contributed by atoms with Gasteiger partial charge in [-0.15, -0.1) is 0 Å². The highest BCUT2D eigenvalue weighted by molar-refractivity contribution is 6.06. The second kappa shape index (κ2) is 6.99. The minimum atomic E-state index is -0.398. The van der Waals surface area contributed by atoms with Gasteiger partial charge in [0.25, 0.3) is 0 Å². The first kappa shape index (κ1) is 17.9. The van der Waals surface area contributed by atoms with Crippen molar-refractivity contribution < 1.29 is 13.8 Å². The SMILES string of the molecule is C[n+]1ccc(C(=O)/C=C/c2cc3cc4c5c(c3oc2=O)CCCN5CCC4)cc1. The monoisotopic (exact) mass is 387 g/mol. The lowest BCUT2D eigenvalue weighted by Crippen LogP contribution is -2.34. The Morgan fingerprint density at radius 2 is 1.90 bits per heavy atom. The third-order valence-corrected chi connectivity index (χ3v) is 5.92. The summed E-state index contributed by atoms with van der Waals surface area (Å²) in [6.45, 7) is 2.16. The number of carbonyl (C=O) groups excluding carboxylic acids is 1. The molecule has 2 aromatic heterocycles. The van der Waals surface area contributed by atoms with E-state index in [0.717, 1.165) is 44.2 Å². The Kier molecular flexibility index (Phi) is 4.31. The van der Waals surface area contributed by atoms with Crippen molar-refractivity contribution in [2.24, 2.45) is 7.05 Å². The molecule has 1 aromatic carbocycles. The first-order valence-electron chi connectivity index (χ1n) is 10.2. The summed E-state index contributed by atoms with van der Waals surface area (Å²) >= 11 is 0. The number of carbonyl (C=O) groups is 1. The molecule has 0 saturated carbocycles. The highest BCUT2D eigenvalue weighted by Gasteiger charge is 2.26. The van der Waals surface area contributed by atoms with Crippen molar-refractivity contribution in [3.8, 4) is 0 Å². The molecule has 0 fully saturated rings. The van der Waals surface area contributed by atoms with Crippen molar-refractivity contribution in [2.45, 2.75) is 25.7 Å². The van der Waals surface area contributed by atoms with Crippen LogP contribution < -0.4 is 15.1 Å². The first-order valence-corrected chi connectivity index (χ1v) is 10.2. The quantitative estimate of drug-likeness (QED) is 0.300. The summed E-state index contributed by atoms with van der Waals surface area (Å²) in [5, 5.41) is 0.945. The van der Waals surface area contributed by atoms with E-state index < -0.39 is 5.63 Å². The Morgan fingerprint density at radius 3 is 2.69 bits per heavy atom. The average Bonchev–Trinajstić information content (AvgIpc) is 2.73. The van der Waals surface area contributed by atoms with Gasteiger partial charge in [0.15, 0.2) is 18.2 Å². The third-order valence-electron chi connectivity index (χ3n) is 5.92. The largest absolute Gasteiger partial charge is 0.422 e. The van der Waals surface area contributed by atoms with Gasteiger partial charge in [0.2, 0.25) is 0 Å². The van der Waals surface area contributed by atoms with Crippen molar-refractivity contribution in [2.75, 3.05) is 18.0 Å². The van der Waals surface area contributed by atoms with E-state index in [1.165, 1.54) is 22.9 Å². The number of nitrogens with zero attached hydrogens (tertiary/aromatic N) is 2. The number of hydrogen-bond donors (Lipinski definition) is 0. The van der Waals surface area contributed by atoms with Gasteiger partial charge >= 0.3 is 5.63 Å². The molecule has 0 saturated heterocycles. The number of allylic oxidation sites excluding steroid dienone is 1. The number of benzene rings is 1. The molecular weight excluding hydrogens is 364 g/mol. The predicted molar refractivity (Wildman–Crippen MR) is 112 cm³/mol. The van der Waals surface area contributed by atoms with Gasteiger partial charge in [-0.05, 0) is 55.5 Å². The molecule has 0 bridgehead atoms. The van der Waals surface area contributed by atoms with Crippen molar-refractivity contribution in [1.29, 1.82) is 0 Å². The highest BCUT2D eigenvalue weighted by atomic mass is 16.4. The van der Waals surface area contributed by atoms with Gasteiger partial charge in [-0.3, -0.25) is 4.79 Å². The van der Waals surface area contributed by atoms with Crippen LogP contribution in [0.4, 0.5) is 5.69 Å². The van der Waals surface area contributed by atoms with Crippen molar-refractivity contribution in [3.05, 3.63) is 75.4 Å². The molecule has 5 rings (SSSR count). The molecule has 3 aromatic rings. The minimum Gasteiger partial charge on any atom is -0.422 e. The predicted octanol–water partition coefficient (Wildman–Crippen LogP) is 3.21. The molecule has 4 heterocycles. The van der Waals surface area contributed by atoms with Crippen LogP contribution in [0.25, 0.3) is 17.0 Å². The van der Waals surface area contributed by atoms with Crippen LogP contribution in [0.2, 0.25) is 0 Å². The van der Waals surface area contributed by atoms with E-state index in [-0.39, 0.29) is 5.78 Å². The molecule has 0 N–H and O–H groups in total. The molecule has 2 aliphatic heterocycles. The van der Waals surface area contributed by atoms with E-state index >= 15 is 0 Å². The number of aryl methyl sites for hydroxylation is 3. The molecule has 146 valence electrons.